The lowest BCUT2D eigenvalue weighted by Gasteiger charge is -2.15. The number of hydrogen-bond donors (Lipinski definition) is 0. The number of allylic oxidation sites excluding steroid dienone is 1. The molecule has 0 saturated heterocycles. The van der Waals surface area contributed by atoms with Crippen LogP contribution in [0.2, 0.25) is 0 Å². The summed E-state index contributed by atoms with van der Waals surface area (Å²) in [5, 5.41) is -0.105. The van der Waals surface area contributed by atoms with Gasteiger partial charge in [0.05, 0.1) is 5.38 Å². The molecule has 0 saturated carbocycles. The molecule has 104 valence electrons. The van der Waals surface area contributed by atoms with Gasteiger partial charge in [-0.25, -0.2) is 0 Å². The lowest BCUT2D eigenvalue weighted by atomic mass is 9.95. The molecule has 0 aliphatic heterocycles. The molecule has 0 aromatic heterocycles. The summed E-state index contributed by atoms with van der Waals surface area (Å²) in [6, 6.07) is 14.9. The van der Waals surface area contributed by atoms with Crippen molar-refractivity contribution in [2.24, 2.45) is 0 Å². The quantitative estimate of drug-likeness (QED) is 0.611. The van der Waals surface area contributed by atoms with Gasteiger partial charge in [-0.05, 0) is 48.1 Å². The maximum absolute atomic E-state index is 6.71. The molecular formula is C19H21Cl. The van der Waals surface area contributed by atoms with E-state index in [9.17, 15) is 0 Å². The zero-order valence-electron chi connectivity index (χ0n) is 12.4. The molecule has 0 nitrogen and oxygen atoms in total. The molecule has 20 heavy (non-hydrogen) atoms. The average molecular weight is 285 g/mol. The summed E-state index contributed by atoms with van der Waals surface area (Å²) in [4.78, 5) is 0. The molecule has 0 amide bonds. The molecule has 2 aromatic carbocycles. The van der Waals surface area contributed by atoms with Crippen LogP contribution in [-0.2, 0) is 6.42 Å². The minimum Gasteiger partial charge on any atom is -0.113 e. The van der Waals surface area contributed by atoms with E-state index in [1.54, 1.807) is 0 Å². The van der Waals surface area contributed by atoms with E-state index in [0.717, 1.165) is 12.0 Å². The standard InChI is InChI=1S/C19H21Cl/c1-4-7-17-14(3)8-6-9-18(17)19(20)16-12-10-15(5-2)11-13-16/h4,6-13,19H,5H2,1-3H3/b7-4-. The number of alkyl halides is 1. The Morgan fingerprint density at radius 3 is 2.40 bits per heavy atom. The Hall–Kier alpha value is -1.53. The lowest BCUT2D eigenvalue weighted by molar-refractivity contribution is 1.09. The van der Waals surface area contributed by atoms with Crippen molar-refractivity contribution in [2.45, 2.75) is 32.6 Å². The largest absolute Gasteiger partial charge is 0.113 e. The van der Waals surface area contributed by atoms with Gasteiger partial charge in [0.25, 0.3) is 0 Å². The minimum atomic E-state index is -0.105. The van der Waals surface area contributed by atoms with E-state index in [1.807, 2.05) is 6.92 Å². The molecule has 0 spiro atoms. The van der Waals surface area contributed by atoms with Gasteiger partial charge < -0.3 is 0 Å². The van der Waals surface area contributed by atoms with Crippen molar-refractivity contribution in [1.82, 2.24) is 0 Å². The maximum Gasteiger partial charge on any atom is 0.0841 e. The minimum absolute atomic E-state index is 0.105. The van der Waals surface area contributed by atoms with Gasteiger partial charge in [0.2, 0.25) is 0 Å². The second kappa shape index (κ2) is 6.76. The summed E-state index contributed by atoms with van der Waals surface area (Å²) >= 11 is 6.71. The van der Waals surface area contributed by atoms with Crippen LogP contribution in [0.25, 0.3) is 6.08 Å². The topological polar surface area (TPSA) is 0 Å². The van der Waals surface area contributed by atoms with Gasteiger partial charge in [-0.15, -0.1) is 11.6 Å². The predicted octanol–water partition coefficient (Wildman–Crippen LogP) is 5.92. The first kappa shape index (κ1) is 14.9. The zero-order chi connectivity index (χ0) is 14.5. The highest BCUT2D eigenvalue weighted by Gasteiger charge is 2.14. The van der Waals surface area contributed by atoms with Crippen molar-refractivity contribution in [2.75, 3.05) is 0 Å². The second-order valence-corrected chi connectivity index (χ2v) is 5.47. The fraction of sp³-hybridized carbons (Fsp3) is 0.263. The highest BCUT2D eigenvalue weighted by molar-refractivity contribution is 6.22. The van der Waals surface area contributed by atoms with Crippen LogP contribution in [0.1, 0.15) is 47.0 Å². The Bertz CT molecular complexity index is 594. The highest BCUT2D eigenvalue weighted by Crippen LogP contribution is 2.33. The molecule has 2 aromatic rings. The van der Waals surface area contributed by atoms with Gasteiger partial charge in [-0.3, -0.25) is 0 Å². The van der Waals surface area contributed by atoms with Crippen molar-refractivity contribution >= 4 is 17.7 Å². The Kier molecular flexibility index (Phi) is 5.03. The normalized spacial score (nSPS) is 12.8. The monoisotopic (exact) mass is 284 g/mol. The van der Waals surface area contributed by atoms with Gasteiger partial charge in [-0.1, -0.05) is 61.5 Å². The molecule has 0 heterocycles. The molecule has 0 aliphatic rings. The first-order valence-electron chi connectivity index (χ1n) is 7.12. The van der Waals surface area contributed by atoms with Crippen LogP contribution in [-0.4, -0.2) is 0 Å². The number of halogens is 1. The zero-order valence-corrected chi connectivity index (χ0v) is 13.1. The van der Waals surface area contributed by atoms with Crippen LogP contribution in [0.4, 0.5) is 0 Å². The van der Waals surface area contributed by atoms with Crippen molar-refractivity contribution in [3.63, 3.8) is 0 Å². The van der Waals surface area contributed by atoms with Crippen molar-refractivity contribution in [3.8, 4) is 0 Å². The first-order chi connectivity index (χ1) is 9.67. The number of benzene rings is 2. The molecule has 0 bridgehead atoms. The fourth-order valence-electron chi connectivity index (χ4n) is 2.42. The van der Waals surface area contributed by atoms with Gasteiger partial charge in [-0.2, -0.15) is 0 Å². The van der Waals surface area contributed by atoms with Crippen LogP contribution >= 0.6 is 11.6 Å². The Labute approximate surface area is 127 Å². The van der Waals surface area contributed by atoms with Gasteiger partial charge in [0.1, 0.15) is 0 Å². The third-order valence-corrected chi connectivity index (χ3v) is 4.13. The van der Waals surface area contributed by atoms with Crippen LogP contribution in [0.15, 0.2) is 48.5 Å². The van der Waals surface area contributed by atoms with E-state index in [-0.39, 0.29) is 5.38 Å². The van der Waals surface area contributed by atoms with Crippen molar-refractivity contribution < 1.29 is 0 Å². The van der Waals surface area contributed by atoms with Gasteiger partial charge >= 0.3 is 0 Å². The third-order valence-electron chi connectivity index (χ3n) is 3.64. The van der Waals surface area contributed by atoms with E-state index in [4.69, 9.17) is 11.6 Å². The average Bonchev–Trinajstić information content (AvgIpc) is 2.49. The predicted molar refractivity (Wildman–Crippen MR) is 89.4 cm³/mol. The fourth-order valence-corrected chi connectivity index (χ4v) is 2.76. The summed E-state index contributed by atoms with van der Waals surface area (Å²) in [5.41, 5.74) is 6.16. The molecule has 1 heteroatoms. The van der Waals surface area contributed by atoms with E-state index in [0.29, 0.717) is 0 Å². The molecular weight excluding hydrogens is 264 g/mol. The summed E-state index contributed by atoms with van der Waals surface area (Å²) < 4.78 is 0. The molecule has 1 atom stereocenters. The molecule has 0 aliphatic carbocycles. The van der Waals surface area contributed by atoms with Crippen LogP contribution in [0.3, 0.4) is 0 Å². The second-order valence-electron chi connectivity index (χ2n) is 5.04. The van der Waals surface area contributed by atoms with Crippen LogP contribution in [0, 0.1) is 6.92 Å². The van der Waals surface area contributed by atoms with Crippen LogP contribution in [0.5, 0.6) is 0 Å². The third kappa shape index (κ3) is 3.13. The summed E-state index contributed by atoms with van der Waals surface area (Å²) in [5.74, 6) is 0. The van der Waals surface area contributed by atoms with Gasteiger partial charge in [0.15, 0.2) is 0 Å². The summed E-state index contributed by atoms with van der Waals surface area (Å²) in [6.45, 7) is 6.33. The Morgan fingerprint density at radius 1 is 1.10 bits per heavy atom. The van der Waals surface area contributed by atoms with E-state index >= 15 is 0 Å². The molecule has 0 N–H and O–H groups in total. The van der Waals surface area contributed by atoms with Crippen LogP contribution < -0.4 is 0 Å². The van der Waals surface area contributed by atoms with Gasteiger partial charge in [0, 0.05) is 0 Å². The Balaban J connectivity index is 2.41. The van der Waals surface area contributed by atoms with E-state index in [1.165, 1.54) is 22.3 Å². The van der Waals surface area contributed by atoms with E-state index in [2.05, 4.69) is 68.5 Å². The number of hydrogen-bond acceptors (Lipinski definition) is 0. The smallest absolute Gasteiger partial charge is 0.0841 e. The number of rotatable bonds is 4. The molecule has 0 fully saturated rings. The lowest BCUT2D eigenvalue weighted by Crippen LogP contribution is -1.98. The maximum atomic E-state index is 6.71. The number of aryl methyl sites for hydroxylation is 2. The highest BCUT2D eigenvalue weighted by atomic mass is 35.5. The Morgan fingerprint density at radius 2 is 1.80 bits per heavy atom. The SMILES string of the molecule is C/C=C\c1c(C)cccc1C(Cl)c1ccc(CC)cc1. The summed E-state index contributed by atoms with van der Waals surface area (Å²) in [6.07, 6.45) is 5.26. The molecule has 2 rings (SSSR count). The molecule has 1 unspecified atom stereocenters. The summed E-state index contributed by atoms with van der Waals surface area (Å²) in [7, 11) is 0. The van der Waals surface area contributed by atoms with E-state index < -0.39 is 0 Å². The van der Waals surface area contributed by atoms with Crippen molar-refractivity contribution in [3.05, 3.63) is 76.4 Å². The first-order valence-corrected chi connectivity index (χ1v) is 7.56. The molecule has 0 radical (unpaired) electrons. The van der Waals surface area contributed by atoms with Crippen molar-refractivity contribution in [1.29, 1.82) is 0 Å².